The van der Waals surface area contributed by atoms with Crippen molar-refractivity contribution in [2.24, 2.45) is 7.05 Å². The molecule has 0 saturated carbocycles. The van der Waals surface area contributed by atoms with Gasteiger partial charge in [0.05, 0.1) is 21.8 Å². The van der Waals surface area contributed by atoms with E-state index in [1.807, 2.05) is 42.1 Å². The Bertz CT molecular complexity index is 1670. The summed E-state index contributed by atoms with van der Waals surface area (Å²) in [4.78, 5) is 12.0. The molecule has 0 atom stereocenters. The largest absolute Gasteiger partial charge is 0.354 e. The van der Waals surface area contributed by atoms with Crippen LogP contribution in [0.5, 0.6) is 0 Å². The van der Waals surface area contributed by atoms with Crippen molar-refractivity contribution >= 4 is 45.6 Å². The van der Waals surface area contributed by atoms with E-state index in [1.165, 1.54) is 17.3 Å². The van der Waals surface area contributed by atoms with Crippen LogP contribution < -0.4 is 10.6 Å². The van der Waals surface area contributed by atoms with E-state index in [0.29, 0.717) is 16.3 Å². The number of nitrogens with one attached hydrogen (secondary N) is 2. The van der Waals surface area contributed by atoms with Crippen LogP contribution in [0.25, 0.3) is 22.0 Å². The molecule has 5 aromatic rings. The second-order valence-electron chi connectivity index (χ2n) is 9.76. The van der Waals surface area contributed by atoms with E-state index in [9.17, 15) is 5.26 Å². The molecule has 2 heterocycles. The summed E-state index contributed by atoms with van der Waals surface area (Å²) in [5.74, 6) is 0. The van der Waals surface area contributed by atoms with Gasteiger partial charge >= 0.3 is 0 Å². The normalized spacial score (nSPS) is 11.2. The van der Waals surface area contributed by atoms with Crippen LogP contribution in [0.1, 0.15) is 11.1 Å². The fourth-order valence-electron chi connectivity index (χ4n) is 4.30. The Hall–Kier alpha value is -3.87. The van der Waals surface area contributed by atoms with Gasteiger partial charge in [-0.15, -0.1) is 0 Å². The highest BCUT2D eigenvalue weighted by atomic mass is 35.5. The van der Waals surface area contributed by atoms with Gasteiger partial charge < -0.3 is 20.1 Å². The van der Waals surface area contributed by atoms with Gasteiger partial charge in [0.2, 0.25) is 0 Å². The van der Waals surface area contributed by atoms with E-state index in [0.717, 1.165) is 57.4 Å². The standard InChI is InChI=1S/C31H30ClN7S/c1-38(2)14-12-34-19-21-4-6-22(7-5-21)23-8-10-26-28(16-23)36-20-24(18-33)30(26)37-25-9-11-29(27(32)17-25)40-31-35-13-15-39(31)3/h4-11,13,15-17,20,34H,12,14,19H2,1-3H3,(H,36,37). The average Bonchev–Trinajstić information content (AvgIpc) is 3.36. The van der Waals surface area contributed by atoms with Crippen LogP contribution >= 0.6 is 23.4 Å². The topological polar surface area (TPSA) is 81.8 Å². The van der Waals surface area contributed by atoms with Crippen LogP contribution in [0.2, 0.25) is 5.02 Å². The van der Waals surface area contributed by atoms with Gasteiger partial charge in [-0.05, 0) is 55.1 Å². The molecular weight excluding hydrogens is 538 g/mol. The van der Waals surface area contributed by atoms with Gasteiger partial charge in [-0.2, -0.15) is 5.26 Å². The third-order valence-corrected chi connectivity index (χ3v) is 8.10. The van der Waals surface area contributed by atoms with Gasteiger partial charge in [0, 0.05) is 61.2 Å². The molecule has 0 spiro atoms. The zero-order valence-electron chi connectivity index (χ0n) is 22.6. The summed E-state index contributed by atoms with van der Waals surface area (Å²) >= 11 is 8.13. The molecule has 0 unspecified atom stereocenters. The predicted molar refractivity (Wildman–Crippen MR) is 164 cm³/mol. The first-order valence-corrected chi connectivity index (χ1v) is 14.1. The number of fused-ring (bicyclic) bond motifs is 1. The summed E-state index contributed by atoms with van der Waals surface area (Å²) in [7, 11) is 6.10. The van der Waals surface area contributed by atoms with Crippen molar-refractivity contribution in [2.45, 2.75) is 16.6 Å². The number of aryl methyl sites for hydroxylation is 1. The Kier molecular flexibility index (Phi) is 8.68. The highest BCUT2D eigenvalue weighted by Crippen LogP contribution is 2.36. The van der Waals surface area contributed by atoms with E-state index < -0.39 is 0 Å². The molecule has 5 rings (SSSR count). The van der Waals surface area contributed by atoms with Crippen LogP contribution in [-0.2, 0) is 13.6 Å². The Morgan fingerprint density at radius 2 is 1.82 bits per heavy atom. The molecule has 0 radical (unpaired) electrons. The summed E-state index contributed by atoms with van der Waals surface area (Å²) in [6.45, 7) is 2.80. The summed E-state index contributed by atoms with van der Waals surface area (Å²) in [6.07, 6.45) is 5.28. The third-order valence-electron chi connectivity index (χ3n) is 6.52. The van der Waals surface area contributed by atoms with Crippen LogP contribution in [0.15, 0.2) is 89.3 Å². The Balaban J connectivity index is 1.36. The number of anilines is 2. The molecule has 7 nitrogen and oxygen atoms in total. The monoisotopic (exact) mass is 567 g/mol. The fraction of sp³-hybridized carbons (Fsp3) is 0.194. The molecule has 0 aliphatic heterocycles. The second-order valence-corrected chi connectivity index (χ2v) is 11.2. The molecule has 0 bridgehead atoms. The van der Waals surface area contributed by atoms with Crippen LogP contribution in [-0.4, -0.2) is 46.6 Å². The maximum Gasteiger partial charge on any atom is 0.172 e. The van der Waals surface area contributed by atoms with E-state index >= 15 is 0 Å². The number of benzene rings is 3. The molecule has 40 heavy (non-hydrogen) atoms. The summed E-state index contributed by atoms with van der Waals surface area (Å²) < 4.78 is 1.95. The first kappa shape index (κ1) is 27.7. The second kappa shape index (κ2) is 12.5. The zero-order valence-corrected chi connectivity index (χ0v) is 24.2. The molecule has 0 saturated heterocycles. The number of aromatic nitrogens is 3. The molecule has 0 amide bonds. The molecule has 0 fully saturated rings. The van der Waals surface area contributed by atoms with Gasteiger partial charge in [-0.25, -0.2) is 4.98 Å². The molecule has 0 aliphatic rings. The Labute approximate surface area is 243 Å². The molecule has 9 heteroatoms. The van der Waals surface area contributed by atoms with Crippen LogP contribution in [0, 0.1) is 11.3 Å². The van der Waals surface area contributed by atoms with Gasteiger partial charge in [0.1, 0.15) is 6.07 Å². The Morgan fingerprint density at radius 3 is 2.52 bits per heavy atom. The minimum atomic E-state index is 0.467. The van der Waals surface area contributed by atoms with Gasteiger partial charge in [-0.1, -0.05) is 59.8 Å². The molecule has 2 N–H and O–H groups in total. The van der Waals surface area contributed by atoms with E-state index in [-0.39, 0.29) is 0 Å². The van der Waals surface area contributed by atoms with Crippen molar-refractivity contribution in [1.29, 1.82) is 5.26 Å². The molecule has 202 valence electrons. The fourth-order valence-corrected chi connectivity index (χ4v) is 5.40. The minimum absolute atomic E-state index is 0.467. The van der Waals surface area contributed by atoms with Crippen molar-refractivity contribution in [3.8, 4) is 17.2 Å². The number of hydrogen-bond donors (Lipinski definition) is 2. The highest BCUT2D eigenvalue weighted by Gasteiger charge is 2.13. The molecule has 3 aromatic carbocycles. The smallest absolute Gasteiger partial charge is 0.172 e. The number of imidazole rings is 1. The van der Waals surface area contributed by atoms with Gasteiger partial charge in [0.15, 0.2) is 5.16 Å². The van der Waals surface area contributed by atoms with Crippen molar-refractivity contribution in [2.75, 3.05) is 32.5 Å². The van der Waals surface area contributed by atoms with Crippen LogP contribution in [0.4, 0.5) is 11.4 Å². The van der Waals surface area contributed by atoms with Crippen LogP contribution in [0.3, 0.4) is 0 Å². The third kappa shape index (κ3) is 6.46. The van der Waals surface area contributed by atoms with E-state index in [4.69, 9.17) is 11.6 Å². The number of pyridine rings is 1. The highest BCUT2D eigenvalue weighted by molar-refractivity contribution is 7.99. The van der Waals surface area contributed by atoms with Crippen molar-refractivity contribution < 1.29 is 0 Å². The number of nitriles is 1. The van der Waals surface area contributed by atoms with E-state index in [1.54, 1.807) is 12.4 Å². The van der Waals surface area contributed by atoms with Crippen molar-refractivity contribution in [1.82, 2.24) is 24.8 Å². The first-order valence-electron chi connectivity index (χ1n) is 12.9. The van der Waals surface area contributed by atoms with Gasteiger partial charge in [0.25, 0.3) is 0 Å². The number of hydrogen-bond acceptors (Lipinski definition) is 7. The lowest BCUT2D eigenvalue weighted by molar-refractivity contribution is 0.400. The zero-order chi connectivity index (χ0) is 28.1. The number of halogens is 1. The molecular formula is C31H30ClN7S. The van der Waals surface area contributed by atoms with Gasteiger partial charge in [-0.3, -0.25) is 4.98 Å². The number of nitrogens with zero attached hydrogens (tertiary/aromatic N) is 5. The first-order chi connectivity index (χ1) is 19.4. The quantitative estimate of drug-likeness (QED) is 0.182. The van der Waals surface area contributed by atoms with E-state index in [2.05, 4.69) is 82.1 Å². The molecule has 0 aliphatic carbocycles. The summed E-state index contributed by atoms with van der Waals surface area (Å²) in [6, 6.07) is 22.8. The number of likely N-dealkylation sites (N-methyl/N-ethyl adjacent to an activating group) is 1. The SMILES string of the molecule is CN(C)CCNCc1ccc(-c2ccc3c(Nc4ccc(Sc5nccn5C)c(Cl)c4)c(C#N)cnc3c2)cc1. The minimum Gasteiger partial charge on any atom is -0.354 e. The maximum absolute atomic E-state index is 9.81. The molecule has 2 aromatic heterocycles. The lowest BCUT2D eigenvalue weighted by Crippen LogP contribution is -2.26. The lowest BCUT2D eigenvalue weighted by Gasteiger charge is -2.14. The predicted octanol–water partition coefficient (Wildman–Crippen LogP) is 6.71. The lowest BCUT2D eigenvalue weighted by atomic mass is 10.0. The van der Waals surface area contributed by atoms with Crippen molar-refractivity contribution in [3.05, 3.63) is 95.4 Å². The maximum atomic E-state index is 9.81. The average molecular weight is 568 g/mol. The number of rotatable bonds is 10. The Morgan fingerprint density at radius 1 is 1.02 bits per heavy atom. The summed E-state index contributed by atoms with van der Waals surface area (Å²) in [5.41, 5.74) is 6.20. The van der Waals surface area contributed by atoms with Crippen molar-refractivity contribution in [3.63, 3.8) is 0 Å². The summed E-state index contributed by atoms with van der Waals surface area (Å²) in [5, 5.41) is 19.0.